The average molecular weight is 341 g/mol. The molecule has 0 heterocycles. The van der Waals surface area contributed by atoms with Crippen molar-refractivity contribution in [2.75, 3.05) is 4.31 Å². The van der Waals surface area contributed by atoms with Crippen molar-refractivity contribution in [3.05, 3.63) is 96.3 Å². The second kappa shape index (κ2) is 6.84. The van der Waals surface area contributed by atoms with Crippen molar-refractivity contribution in [2.45, 2.75) is 11.4 Å². The Hall–Kier alpha value is -2.66. The normalized spacial score (nSPS) is 11.2. The van der Waals surface area contributed by atoms with E-state index in [4.69, 9.17) is 0 Å². The van der Waals surface area contributed by atoms with Crippen LogP contribution in [0.25, 0.3) is 0 Å². The predicted octanol–water partition coefficient (Wildman–Crippen LogP) is 4.22. The molecule has 0 saturated heterocycles. The van der Waals surface area contributed by atoms with Crippen LogP contribution in [0.3, 0.4) is 0 Å². The Balaban J connectivity index is 2.06. The van der Waals surface area contributed by atoms with Gasteiger partial charge in [0.1, 0.15) is 5.82 Å². The van der Waals surface area contributed by atoms with Crippen LogP contribution >= 0.6 is 0 Å². The number of anilines is 1. The first-order valence-corrected chi connectivity index (χ1v) is 8.89. The van der Waals surface area contributed by atoms with Crippen LogP contribution < -0.4 is 4.31 Å². The highest BCUT2D eigenvalue weighted by molar-refractivity contribution is 7.92. The van der Waals surface area contributed by atoms with E-state index >= 15 is 0 Å². The first kappa shape index (κ1) is 16.2. The van der Waals surface area contributed by atoms with Gasteiger partial charge in [0, 0.05) is 0 Å². The zero-order valence-electron chi connectivity index (χ0n) is 12.8. The number of rotatable bonds is 5. The van der Waals surface area contributed by atoms with Crippen molar-refractivity contribution in [1.29, 1.82) is 0 Å². The molecule has 0 aliphatic rings. The second-order valence-electron chi connectivity index (χ2n) is 5.29. The molecule has 0 radical (unpaired) electrons. The minimum atomic E-state index is -3.75. The summed E-state index contributed by atoms with van der Waals surface area (Å²) >= 11 is 0. The maximum Gasteiger partial charge on any atom is 0.264 e. The van der Waals surface area contributed by atoms with Crippen LogP contribution in [0.1, 0.15) is 5.56 Å². The van der Waals surface area contributed by atoms with Crippen LogP contribution in [-0.2, 0) is 16.6 Å². The molecule has 122 valence electrons. The Morgan fingerprint density at radius 2 is 1.29 bits per heavy atom. The number of halogens is 1. The van der Waals surface area contributed by atoms with E-state index in [1.165, 1.54) is 28.6 Å². The summed E-state index contributed by atoms with van der Waals surface area (Å²) in [4.78, 5) is 0.199. The van der Waals surface area contributed by atoms with E-state index in [0.717, 1.165) is 5.56 Å². The summed E-state index contributed by atoms with van der Waals surface area (Å²) in [6.07, 6.45) is 0. The zero-order valence-corrected chi connectivity index (χ0v) is 13.7. The molecular weight excluding hydrogens is 325 g/mol. The fourth-order valence-corrected chi connectivity index (χ4v) is 3.87. The summed E-state index contributed by atoms with van der Waals surface area (Å²) in [5, 5.41) is 0. The summed E-state index contributed by atoms with van der Waals surface area (Å²) in [6, 6.07) is 23.0. The van der Waals surface area contributed by atoms with E-state index in [-0.39, 0.29) is 11.4 Å². The average Bonchev–Trinajstić information content (AvgIpc) is 2.62. The number of sulfonamides is 1. The molecule has 3 aromatic carbocycles. The van der Waals surface area contributed by atoms with E-state index < -0.39 is 15.8 Å². The Morgan fingerprint density at radius 1 is 0.750 bits per heavy atom. The van der Waals surface area contributed by atoms with Gasteiger partial charge in [-0.25, -0.2) is 12.8 Å². The summed E-state index contributed by atoms with van der Waals surface area (Å²) in [6.45, 7) is 0.170. The van der Waals surface area contributed by atoms with Gasteiger partial charge in [0.05, 0.1) is 17.1 Å². The van der Waals surface area contributed by atoms with Gasteiger partial charge in [-0.3, -0.25) is 4.31 Å². The van der Waals surface area contributed by atoms with E-state index in [9.17, 15) is 12.8 Å². The second-order valence-corrected chi connectivity index (χ2v) is 7.15. The molecule has 0 atom stereocenters. The van der Waals surface area contributed by atoms with Crippen molar-refractivity contribution >= 4 is 15.7 Å². The molecule has 3 aromatic rings. The zero-order chi connectivity index (χ0) is 17.0. The van der Waals surface area contributed by atoms with Crippen LogP contribution in [0.5, 0.6) is 0 Å². The molecule has 0 N–H and O–H groups in total. The van der Waals surface area contributed by atoms with Gasteiger partial charge in [0.15, 0.2) is 0 Å². The summed E-state index contributed by atoms with van der Waals surface area (Å²) in [5.74, 6) is -0.407. The SMILES string of the molecule is O=S(=O)(c1ccccc1)N(Cc1ccccc1)c1ccc(F)cc1. The molecule has 0 saturated carbocycles. The van der Waals surface area contributed by atoms with Crippen LogP contribution in [0.15, 0.2) is 89.8 Å². The first-order chi connectivity index (χ1) is 11.6. The minimum absolute atomic E-state index is 0.170. The molecule has 0 fully saturated rings. The van der Waals surface area contributed by atoms with E-state index in [0.29, 0.717) is 5.69 Å². The van der Waals surface area contributed by atoms with Crippen molar-refractivity contribution in [3.8, 4) is 0 Å². The fourth-order valence-electron chi connectivity index (χ4n) is 2.39. The van der Waals surface area contributed by atoms with Gasteiger partial charge in [0.2, 0.25) is 0 Å². The maximum atomic E-state index is 13.2. The molecule has 0 aromatic heterocycles. The van der Waals surface area contributed by atoms with Crippen molar-refractivity contribution in [2.24, 2.45) is 0 Å². The van der Waals surface area contributed by atoms with Crippen molar-refractivity contribution in [1.82, 2.24) is 0 Å². The number of benzene rings is 3. The topological polar surface area (TPSA) is 37.4 Å². The quantitative estimate of drug-likeness (QED) is 0.697. The molecule has 24 heavy (non-hydrogen) atoms. The number of hydrogen-bond acceptors (Lipinski definition) is 2. The standard InChI is InChI=1S/C19H16FNO2S/c20-17-11-13-18(14-12-17)21(15-16-7-3-1-4-8-16)24(22,23)19-9-5-2-6-10-19/h1-14H,15H2. The lowest BCUT2D eigenvalue weighted by atomic mass is 10.2. The number of hydrogen-bond donors (Lipinski definition) is 0. The molecule has 0 spiro atoms. The minimum Gasteiger partial charge on any atom is -0.262 e. The first-order valence-electron chi connectivity index (χ1n) is 7.45. The van der Waals surface area contributed by atoms with Gasteiger partial charge >= 0.3 is 0 Å². The van der Waals surface area contributed by atoms with E-state index in [1.54, 1.807) is 30.3 Å². The molecule has 5 heteroatoms. The van der Waals surface area contributed by atoms with E-state index in [2.05, 4.69) is 0 Å². The molecule has 0 aliphatic carbocycles. The van der Waals surface area contributed by atoms with Crippen LogP contribution in [-0.4, -0.2) is 8.42 Å². The molecule has 3 rings (SSSR count). The van der Waals surface area contributed by atoms with E-state index in [1.807, 2.05) is 30.3 Å². The van der Waals surface area contributed by atoms with Crippen molar-refractivity contribution in [3.63, 3.8) is 0 Å². The van der Waals surface area contributed by atoms with Gasteiger partial charge in [0.25, 0.3) is 10.0 Å². The fraction of sp³-hybridized carbons (Fsp3) is 0.0526. The molecule has 3 nitrogen and oxygen atoms in total. The third kappa shape index (κ3) is 3.46. The molecule has 0 bridgehead atoms. The van der Waals surface area contributed by atoms with Gasteiger partial charge in [-0.15, -0.1) is 0 Å². The van der Waals surface area contributed by atoms with Gasteiger partial charge < -0.3 is 0 Å². The lowest BCUT2D eigenvalue weighted by Crippen LogP contribution is -2.30. The monoisotopic (exact) mass is 341 g/mol. The highest BCUT2D eigenvalue weighted by Gasteiger charge is 2.25. The van der Waals surface area contributed by atoms with Gasteiger partial charge in [-0.05, 0) is 42.0 Å². The summed E-state index contributed by atoms with van der Waals surface area (Å²) < 4.78 is 40.6. The Bertz CT molecular complexity index is 895. The predicted molar refractivity (Wildman–Crippen MR) is 92.7 cm³/mol. The highest BCUT2D eigenvalue weighted by atomic mass is 32.2. The largest absolute Gasteiger partial charge is 0.264 e. The maximum absolute atomic E-state index is 13.2. The van der Waals surface area contributed by atoms with Gasteiger partial charge in [-0.2, -0.15) is 0 Å². The third-order valence-corrected chi connectivity index (χ3v) is 5.40. The Labute approximate surface area is 141 Å². The van der Waals surface area contributed by atoms with Crippen LogP contribution in [0.2, 0.25) is 0 Å². The molecule has 0 amide bonds. The van der Waals surface area contributed by atoms with Crippen molar-refractivity contribution < 1.29 is 12.8 Å². The summed E-state index contributed by atoms with van der Waals surface area (Å²) in [5.41, 5.74) is 1.27. The highest BCUT2D eigenvalue weighted by Crippen LogP contribution is 2.26. The van der Waals surface area contributed by atoms with Crippen LogP contribution in [0, 0.1) is 5.82 Å². The molecule has 0 unspecified atom stereocenters. The van der Waals surface area contributed by atoms with Gasteiger partial charge in [-0.1, -0.05) is 48.5 Å². The lowest BCUT2D eigenvalue weighted by Gasteiger charge is -2.24. The lowest BCUT2D eigenvalue weighted by molar-refractivity contribution is 0.590. The molecule has 0 aliphatic heterocycles. The van der Waals surface area contributed by atoms with Crippen LogP contribution in [0.4, 0.5) is 10.1 Å². The Morgan fingerprint density at radius 3 is 1.88 bits per heavy atom. The smallest absolute Gasteiger partial charge is 0.262 e. The third-order valence-electron chi connectivity index (χ3n) is 3.61. The number of nitrogens with zero attached hydrogens (tertiary/aromatic N) is 1. The summed E-state index contributed by atoms with van der Waals surface area (Å²) in [7, 11) is -3.75. The Kier molecular flexibility index (Phi) is 4.62. The molecular formula is C19H16FNO2S.